The molecule has 0 bridgehead atoms. The lowest BCUT2D eigenvalue weighted by molar-refractivity contribution is -0.114. The number of ether oxygens (including phenoxy) is 1. The minimum absolute atomic E-state index is 0.0217. The zero-order valence-corrected chi connectivity index (χ0v) is 16.7. The molecule has 1 saturated heterocycles. The zero-order valence-electron chi connectivity index (χ0n) is 15.9. The van der Waals surface area contributed by atoms with Crippen molar-refractivity contribution >= 4 is 39.1 Å². The number of nitrogens with one attached hydrogen (secondary N) is 1. The number of fused-ring (bicyclic) bond motifs is 1. The lowest BCUT2D eigenvalue weighted by Crippen LogP contribution is -2.41. The lowest BCUT2D eigenvalue weighted by Gasteiger charge is -2.31. The molecule has 4 rings (SSSR count). The van der Waals surface area contributed by atoms with Gasteiger partial charge in [0.2, 0.25) is 5.91 Å². The summed E-state index contributed by atoms with van der Waals surface area (Å²) in [5, 5.41) is 3.22. The number of rotatable bonds is 4. The van der Waals surface area contributed by atoms with E-state index in [4.69, 9.17) is 4.74 Å². The van der Waals surface area contributed by atoms with Gasteiger partial charge in [-0.25, -0.2) is 9.37 Å². The summed E-state index contributed by atoms with van der Waals surface area (Å²) < 4.78 is 20.1. The summed E-state index contributed by atoms with van der Waals surface area (Å²) in [4.78, 5) is 30.0. The highest BCUT2D eigenvalue weighted by Crippen LogP contribution is 2.30. The van der Waals surface area contributed by atoms with Crippen LogP contribution in [0.4, 0.5) is 10.1 Å². The monoisotopic (exact) mass is 413 g/mol. The van der Waals surface area contributed by atoms with Crippen molar-refractivity contribution in [2.24, 2.45) is 0 Å². The number of hydrogen-bond acceptors (Lipinski definition) is 5. The van der Waals surface area contributed by atoms with Crippen molar-refractivity contribution in [1.29, 1.82) is 0 Å². The number of halogens is 1. The van der Waals surface area contributed by atoms with Gasteiger partial charge >= 0.3 is 0 Å². The molecule has 1 aliphatic heterocycles. The maximum absolute atomic E-state index is 13.3. The summed E-state index contributed by atoms with van der Waals surface area (Å²) in [7, 11) is 0. The van der Waals surface area contributed by atoms with Gasteiger partial charge in [-0.15, -0.1) is 0 Å². The molecule has 2 amide bonds. The maximum atomic E-state index is 13.3. The summed E-state index contributed by atoms with van der Waals surface area (Å²) in [6.07, 6.45) is 1.40. The summed E-state index contributed by atoms with van der Waals surface area (Å²) >= 11 is 1.33. The molecule has 1 aliphatic rings. The minimum atomic E-state index is -0.287. The van der Waals surface area contributed by atoms with Crippen LogP contribution in [0.25, 0.3) is 10.2 Å². The molecule has 6 nitrogen and oxygen atoms in total. The number of amides is 2. The molecule has 0 unspecified atom stereocenters. The Balaban J connectivity index is 1.33. The second-order valence-corrected chi connectivity index (χ2v) is 7.95. The van der Waals surface area contributed by atoms with E-state index < -0.39 is 0 Å². The Morgan fingerprint density at radius 1 is 1.17 bits per heavy atom. The highest BCUT2D eigenvalue weighted by atomic mass is 32.1. The molecule has 0 saturated carbocycles. The van der Waals surface area contributed by atoms with E-state index in [-0.39, 0.29) is 23.7 Å². The van der Waals surface area contributed by atoms with Gasteiger partial charge in [-0.1, -0.05) is 11.3 Å². The molecule has 29 heavy (non-hydrogen) atoms. The van der Waals surface area contributed by atoms with Crippen molar-refractivity contribution in [2.75, 3.05) is 18.4 Å². The third-order valence-corrected chi connectivity index (χ3v) is 5.69. The van der Waals surface area contributed by atoms with Gasteiger partial charge in [0.25, 0.3) is 11.1 Å². The third kappa shape index (κ3) is 4.54. The van der Waals surface area contributed by atoms with Crippen LogP contribution < -0.4 is 10.1 Å². The highest BCUT2D eigenvalue weighted by molar-refractivity contribution is 7.20. The molecule has 0 aliphatic carbocycles. The van der Waals surface area contributed by atoms with Gasteiger partial charge in [0, 0.05) is 44.1 Å². The molecule has 0 radical (unpaired) electrons. The Morgan fingerprint density at radius 2 is 1.90 bits per heavy atom. The normalized spacial score (nSPS) is 14.8. The van der Waals surface area contributed by atoms with E-state index in [9.17, 15) is 14.0 Å². The Kier molecular flexibility index (Phi) is 5.44. The Hall–Kier alpha value is -3.00. The lowest BCUT2D eigenvalue weighted by atomic mass is 10.1. The number of hydrogen-bond donors (Lipinski definition) is 1. The van der Waals surface area contributed by atoms with Gasteiger partial charge in [-0.05, 0) is 42.5 Å². The minimum Gasteiger partial charge on any atom is -0.467 e. The molecule has 3 aromatic rings. The van der Waals surface area contributed by atoms with Crippen LogP contribution in [0.5, 0.6) is 5.19 Å². The van der Waals surface area contributed by atoms with Gasteiger partial charge in [0.15, 0.2) is 0 Å². The standard InChI is InChI=1S/C21H20FN3O3S/c1-13(26)23-16-5-2-14(3-6-16)20(27)25-10-8-17(9-11-25)28-21-24-18-7-4-15(22)12-19(18)29-21/h2-7,12,17H,8-11H2,1H3,(H,23,26). The van der Waals surface area contributed by atoms with E-state index in [1.165, 1.54) is 30.4 Å². The summed E-state index contributed by atoms with van der Waals surface area (Å²) in [5.74, 6) is -0.470. The molecular formula is C21H20FN3O3S. The van der Waals surface area contributed by atoms with E-state index in [0.29, 0.717) is 42.4 Å². The number of likely N-dealkylation sites (tertiary alicyclic amines) is 1. The van der Waals surface area contributed by atoms with E-state index in [0.717, 1.165) is 10.2 Å². The summed E-state index contributed by atoms with van der Waals surface area (Å²) in [5.41, 5.74) is 1.98. The summed E-state index contributed by atoms with van der Waals surface area (Å²) in [6.45, 7) is 2.63. The zero-order chi connectivity index (χ0) is 20.4. The first-order chi connectivity index (χ1) is 14.0. The molecule has 0 spiro atoms. The number of nitrogens with zero attached hydrogens (tertiary/aromatic N) is 2. The van der Waals surface area contributed by atoms with Crippen LogP contribution in [-0.2, 0) is 4.79 Å². The van der Waals surface area contributed by atoms with Crippen LogP contribution in [0.15, 0.2) is 42.5 Å². The smallest absolute Gasteiger partial charge is 0.274 e. The van der Waals surface area contributed by atoms with Crippen molar-refractivity contribution in [1.82, 2.24) is 9.88 Å². The van der Waals surface area contributed by atoms with Crippen molar-refractivity contribution in [3.63, 3.8) is 0 Å². The molecule has 1 N–H and O–H groups in total. The van der Waals surface area contributed by atoms with Gasteiger partial charge in [0.05, 0.1) is 10.2 Å². The van der Waals surface area contributed by atoms with Gasteiger partial charge < -0.3 is 15.0 Å². The summed E-state index contributed by atoms with van der Waals surface area (Å²) in [6, 6.07) is 11.4. The van der Waals surface area contributed by atoms with Gasteiger partial charge in [0.1, 0.15) is 11.9 Å². The average Bonchev–Trinajstić information content (AvgIpc) is 3.09. The molecule has 0 atom stereocenters. The van der Waals surface area contributed by atoms with Crippen molar-refractivity contribution in [2.45, 2.75) is 25.9 Å². The van der Waals surface area contributed by atoms with Crippen LogP contribution in [-0.4, -0.2) is 40.9 Å². The van der Waals surface area contributed by atoms with Crippen molar-refractivity contribution in [3.8, 4) is 5.19 Å². The van der Waals surface area contributed by atoms with Crippen molar-refractivity contribution in [3.05, 3.63) is 53.8 Å². The average molecular weight is 413 g/mol. The molecule has 1 aromatic heterocycles. The highest BCUT2D eigenvalue weighted by Gasteiger charge is 2.25. The quantitative estimate of drug-likeness (QED) is 0.700. The Labute approximate surface area is 171 Å². The van der Waals surface area contributed by atoms with E-state index in [1.807, 2.05) is 0 Å². The third-order valence-electron chi connectivity index (χ3n) is 4.78. The van der Waals surface area contributed by atoms with E-state index >= 15 is 0 Å². The number of piperidine rings is 1. The first-order valence-electron chi connectivity index (χ1n) is 9.37. The van der Waals surface area contributed by atoms with Crippen LogP contribution >= 0.6 is 11.3 Å². The molecule has 2 aromatic carbocycles. The van der Waals surface area contributed by atoms with Gasteiger partial charge in [-0.2, -0.15) is 0 Å². The fraction of sp³-hybridized carbons (Fsp3) is 0.286. The van der Waals surface area contributed by atoms with Gasteiger partial charge in [-0.3, -0.25) is 9.59 Å². The fourth-order valence-corrected chi connectivity index (χ4v) is 4.24. The second kappa shape index (κ2) is 8.16. The number of anilines is 1. The predicted molar refractivity (Wildman–Crippen MR) is 110 cm³/mol. The SMILES string of the molecule is CC(=O)Nc1ccc(C(=O)N2CCC(Oc3nc4ccc(F)cc4s3)CC2)cc1. The number of aromatic nitrogens is 1. The largest absolute Gasteiger partial charge is 0.467 e. The number of carbonyl (C=O) groups is 2. The fourth-order valence-electron chi connectivity index (χ4n) is 3.33. The molecule has 2 heterocycles. The molecule has 150 valence electrons. The maximum Gasteiger partial charge on any atom is 0.274 e. The van der Waals surface area contributed by atoms with E-state index in [1.54, 1.807) is 35.2 Å². The van der Waals surface area contributed by atoms with Crippen LogP contribution in [0.1, 0.15) is 30.1 Å². The molecule has 8 heteroatoms. The molecular weight excluding hydrogens is 393 g/mol. The predicted octanol–water partition coefficient (Wildman–Crippen LogP) is 4.08. The number of benzene rings is 2. The number of thiazole rings is 1. The van der Waals surface area contributed by atoms with Crippen LogP contribution in [0.3, 0.4) is 0 Å². The first-order valence-corrected chi connectivity index (χ1v) is 10.2. The Bertz CT molecular complexity index is 1040. The Morgan fingerprint density at radius 3 is 2.59 bits per heavy atom. The second-order valence-electron chi connectivity index (χ2n) is 6.96. The van der Waals surface area contributed by atoms with E-state index in [2.05, 4.69) is 10.3 Å². The van der Waals surface area contributed by atoms with Crippen LogP contribution in [0, 0.1) is 5.82 Å². The number of carbonyl (C=O) groups excluding carboxylic acids is 2. The van der Waals surface area contributed by atoms with Crippen molar-refractivity contribution < 1.29 is 18.7 Å². The first kappa shape index (κ1) is 19.3. The van der Waals surface area contributed by atoms with Crippen LogP contribution in [0.2, 0.25) is 0 Å². The molecule has 1 fully saturated rings. The topological polar surface area (TPSA) is 71.5 Å².